The Balaban J connectivity index is 2.85. The number of methoxy groups -OCH3 is 1. The molecule has 2 nitrogen and oxygen atoms in total. The largest absolute Gasteiger partial charge is 0.496 e. The zero-order valence-corrected chi connectivity index (χ0v) is 11.4. The number of ether oxygens (including phenoxy) is 1. The molecule has 0 saturated heterocycles. The minimum atomic E-state index is 0.147. The van der Waals surface area contributed by atoms with Crippen LogP contribution in [0.15, 0.2) is 18.2 Å². The molecule has 1 N–H and O–H groups in total. The van der Waals surface area contributed by atoms with Crippen molar-refractivity contribution in [2.75, 3.05) is 13.7 Å². The first-order valence-corrected chi connectivity index (χ1v) is 6.29. The number of aliphatic hydroxyl groups excluding tert-OH is 1. The quantitative estimate of drug-likeness (QED) is 0.822. The average molecular weight is 236 g/mol. The molecule has 0 aromatic heterocycles. The molecular formula is C15H24O2. The predicted octanol–water partition coefficient (Wildman–Crippen LogP) is 3.21. The summed E-state index contributed by atoms with van der Waals surface area (Å²) in [6.07, 6.45) is 2.81. The van der Waals surface area contributed by atoms with E-state index in [1.54, 1.807) is 7.11 Å². The third-order valence-corrected chi connectivity index (χ3v) is 3.20. The Morgan fingerprint density at radius 2 is 2.00 bits per heavy atom. The highest BCUT2D eigenvalue weighted by Crippen LogP contribution is 2.28. The molecule has 1 aromatic rings. The predicted molar refractivity (Wildman–Crippen MR) is 71.6 cm³/mol. The topological polar surface area (TPSA) is 29.5 Å². The van der Waals surface area contributed by atoms with Crippen LogP contribution in [-0.2, 0) is 12.8 Å². The lowest BCUT2D eigenvalue weighted by Gasteiger charge is -2.24. The van der Waals surface area contributed by atoms with Gasteiger partial charge in [0.15, 0.2) is 0 Å². The molecule has 0 bridgehead atoms. The number of hydrogen-bond acceptors (Lipinski definition) is 2. The molecule has 0 radical (unpaired) electrons. The second-order valence-corrected chi connectivity index (χ2v) is 5.31. The van der Waals surface area contributed by atoms with E-state index in [1.165, 1.54) is 11.1 Å². The van der Waals surface area contributed by atoms with Crippen LogP contribution in [0.1, 0.15) is 38.3 Å². The van der Waals surface area contributed by atoms with Crippen molar-refractivity contribution < 1.29 is 9.84 Å². The van der Waals surface area contributed by atoms with Gasteiger partial charge in [-0.2, -0.15) is 0 Å². The Morgan fingerprint density at radius 3 is 2.53 bits per heavy atom. The Hall–Kier alpha value is -1.02. The van der Waals surface area contributed by atoms with Gasteiger partial charge in [-0.05, 0) is 41.9 Å². The first kappa shape index (κ1) is 14.0. The summed E-state index contributed by atoms with van der Waals surface area (Å²) in [5, 5.41) is 9.04. The van der Waals surface area contributed by atoms with E-state index in [4.69, 9.17) is 9.84 Å². The molecule has 0 aliphatic carbocycles. The summed E-state index contributed by atoms with van der Waals surface area (Å²) < 4.78 is 5.33. The van der Waals surface area contributed by atoms with Crippen molar-refractivity contribution in [1.82, 2.24) is 0 Å². The maximum Gasteiger partial charge on any atom is 0.122 e. The van der Waals surface area contributed by atoms with Crippen molar-refractivity contribution in [1.29, 1.82) is 0 Å². The Morgan fingerprint density at radius 1 is 1.29 bits per heavy atom. The number of hydrogen-bond donors (Lipinski definition) is 1. The Kier molecular flexibility index (Phi) is 5.01. The molecule has 0 amide bonds. The van der Waals surface area contributed by atoms with Crippen molar-refractivity contribution in [2.24, 2.45) is 5.41 Å². The molecule has 1 aromatic carbocycles. The second kappa shape index (κ2) is 6.06. The van der Waals surface area contributed by atoms with Gasteiger partial charge in [0, 0.05) is 6.61 Å². The minimum Gasteiger partial charge on any atom is -0.496 e. The SMILES string of the molecule is CCc1cc(CC(C)(C)CCO)ccc1OC. The van der Waals surface area contributed by atoms with Gasteiger partial charge in [-0.1, -0.05) is 32.9 Å². The summed E-state index contributed by atoms with van der Waals surface area (Å²) in [5.41, 5.74) is 2.72. The number of aliphatic hydroxyl groups is 1. The van der Waals surface area contributed by atoms with Gasteiger partial charge >= 0.3 is 0 Å². The summed E-state index contributed by atoms with van der Waals surface area (Å²) in [7, 11) is 1.71. The van der Waals surface area contributed by atoms with E-state index in [1.807, 2.05) is 6.07 Å². The zero-order valence-electron chi connectivity index (χ0n) is 11.4. The highest BCUT2D eigenvalue weighted by Gasteiger charge is 2.18. The van der Waals surface area contributed by atoms with Gasteiger partial charge in [0.1, 0.15) is 5.75 Å². The van der Waals surface area contributed by atoms with Gasteiger partial charge in [0.25, 0.3) is 0 Å². The molecule has 0 spiro atoms. The lowest BCUT2D eigenvalue weighted by Crippen LogP contribution is -2.16. The standard InChI is InChI=1S/C15H24O2/c1-5-13-10-12(6-7-14(13)17-4)11-15(2,3)8-9-16/h6-7,10,16H,5,8-9,11H2,1-4H3. The number of aryl methyl sites for hydroxylation is 1. The van der Waals surface area contributed by atoms with Gasteiger partial charge in [0.05, 0.1) is 7.11 Å². The molecule has 0 heterocycles. The molecule has 0 saturated carbocycles. The molecule has 17 heavy (non-hydrogen) atoms. The lowest BCUT2D eigenvalue weighted by atomic mass is 9.82. The van der Waals surface area contributed by atoms with E-state index in [9.17, 15) is 0 Å². The fourth-order valence-corrected chi connectivity index (χ4v) is 2.16. The summed E-state index contributed by atoms with van der Waals surface area (Å²) in [6, 6.07) is 6.39. The Bertz CT molecular complexity index is 356. The van der Waals surface area contributed by atoms with Crippen LogP contribution < -0.4 is 4.74 Å². The normalized spacial score (nSPS) is 11.6. The summed E-state index contributed by atoms with van der Waals surface area (Å²) >= 11 is 0. The van der Waals surface area contributed by atoms with E-state index in [0.717, 1.165) is 25.0 Å². The van der Waals surface area contributed by atoms with E-state index in [-0.39, 0.29) is 12.0 Å². The molecule has 1 rings (SSSR count). The van der Waals surface area contributed by atoms with Crippen molar-refractivity contribution in [3.63, 3.8) is 0 Å². The van der Waals surface area contributed by atoms with E-state index in [2.05, 4.69) is 32.9 Å². The fourth-order valence-electron chi connectivity index (χ4n) is 2.16. The molecule has 0 unspecified atom stereocenters. The Labute approximate surface area is 105 Å². The van der Waals surface area contributed by atoms with Crippen molar-refractivity contribution >= 4 is 0 Å². The van der Waals surface area contributed by atoms with Crippen LogP contribution in [0.5, 0.6) is 5.75 Å². The summed E-state index contributed by atoms with van der Waals surface area (Å²) in [4.78, 5) is 0. The van der Waals surface area contributed by atoms with Crippen LogP contribution in [0.3, 0.4) is 0 Å². The van der Waals surface area contributed by atoms with Crippen LogP contribution in [-0.4, -0.2) is 18.8 Å². The molecule has 0 aliphatic heterocycles. The first-order valence-electron chi connectivity index (χ1n) is 6.29. The van der Waals surface area contributed by atoms with Crippen molar-refractivity contribution in [3.05, 3.63) is 29.3 Å². The minimum absolute atomic E-state index is 0.147. The average Bonchev–Trinajstić information content (AvgIpc) is 2.28. The van der Waals surface area contributed by atoms with Crippen LogP contribution in [0.4, 0.5) is 0 Å². The molecule has 96 valence electrons. The van der Waals surface area contributed by atoms with Crippen molar-refractivity contribution in [3.8, 4) is 5.75 Å². The molecule has 0 aliphatic rings. The molecule has 0 fully saturated rings. The highest BCUT2D eigenvalue weighted by atomic mass is 16.5. The van der Waals surface area contributed by atoms with Crippen molar-refractivity contribution in [2.45, 2.75) is 40.0 Å². The third kappa shape index (κ3) is 4.04. The maximum atomic E-state index is 9.04. The van der Waals surface area contributed by atoms with Gasteiger partial charge in [-0.25, -0.2) is 0 Å². The van der Waals surface area contributed by atoms with Crippen LogP contribution in [0.25, 0.3) is 0 Å². The third-order valence-electron chi connectivity index (χ3n) is 3.20. The summed E-state index contributed by atoms with van der Waals surface area (Å²) in [6.45, 7) is 6.78. The first-order chi connectivity index (χ1) is 8.02. The highest BCUT2D eigenvalue weighted by molar-refractivity contribution is 5.37. The van der Waals surface area contributed by atoms with Gasteiger partial charge in [-0.15, -0.1) is 0 Å². The van der Waals surface area contributed by atoms with E-state index < -0.39 is 0 Å². The van der Waals surface area contributed by atoms with Crippen LogP contribution in [0.2, 0.25) is 0 Å². The van der Waals surface area contributed by atoms with Crippen LogP contribution in [0, 0.1) is 5.41 Å². The molecule has 0 atom stereocenters. The van der Waals surface area contributed by atoms with E-state index in [0.29, 0.717) is 0 Å². The monoisotopic (exact) mass is 236 g/mol. The smallest absolute Gasteiger partial charge is 0.122 e. The number of rotatable bonds is 6. The van der Waals surface area contributed by atoms with Gasteiger partial charge < -0.3 is 9.84 Å². The second-order valence-electron chi connectivity index (χ2n) is 5.31. The molecule has 2 heteroatoms. The van der Waals surface area contributed by atoms with Gasteiger partial charge in [0.2, 0.25) is 0 Å². The summed E-state index contributed by atoms with van der Waals surface area (Å²) in [5.74, 6) is 0.969. The zero-order chi connectivity index (χ0) is 12.9. The molecular weight excluding hydrogens is 212 g/mol. The van der Waals surface area contributed by atoms with Gasteiger partial charge in [-0.3, -0.25) is 0 Å². The number of benzene rings is 1. The maximum absolute atomic E-state index is 9.04. The fraction of sp³-hybridized carbons (Fsp3) is 0.600. The lowest BCUT2D eigenvalue weighted by molar-refractivity contribution is 0.211. The van der Waals surface area contributed by atoms with E-state index >= 15 is 0 Å². The van der Waals surface area contributed by atoms with Crippen LogP contribution >= 0.6 is 0 Å².